The fraction of sp³-hybridized carbons (Fsp3) is 0.182. The van der Waals surface area contributed by atoms with Gasteiger partial charge in [0.1, 0.15) is 17.6 Å². The van der Waals surface area contributed by atoms with Crippen LogP contribution in [0.1, 0.15) is 17.3 Å². The standard InChI is InChI=1S/C11H10F2N2O4/c1-4(11(18)19)10(17)15-8-2-5(9(14)16)6(12)3-7(8)13/h2-4H,1H3,(H2,14,16)(H,15,17)(H,18,19). The quantitative estimate of drug-likeness (QED) is 0.701. The average Bonchev–Trinajstić information content (AvgIpc) is 2.30. The fourth-order valence-corrected chi connectivity index (χ4v) is 1.19. The molecule has 2 amide bonds. The van der Waals surface area contributed by atoms with E-state index in [0.717, 1.165) is 6.92 Å². The third-order valence-corrected chi connectivity index (χ3v) is 2.34. The van der Waals surface area contributed by atoms with Gasteiger partial charge in [-0.25, -0.2) is 8.78 Å². The molecule has 0 spiro atoms. The minimum absolute atomic E-state index is 0.376. The first-order valence-corrected chi connectivity index (χ1v) is 5.06. The lowest BCUT2D eigenvalue weighted by molar-refractivity contribution is -0.144. The molecule has 0 aliphatic carbocycles. The highest BCUT2D eigenvalue weighted by Gasteiger charge is 2.22. The van der Waals surface area contributed by atoms with Crippen LogP contribution in [-0.2, 0) is 9.59 Å². The van der Waals surface area contributed by atoms with Crippen molar-refractivity contribution in [3.63, 3.8) is 0 Å². The van der Waals surface area contributed by atoms with Crippen LogP contribution in [0.3, 0.4) is 0 Å². The summed E-state index contributed by atoms with van der Waals surface area (Å²) in [5.41, 5.74) is 3.73. The molecule has 0 aromatic heterocycles. The summed E-state index contributed by atoms with van der Waals surface area (Å²) < 4.78 is 26.5. The Morgan fingerprint density at radius 2 is 1.84 bits per heavy atom. The van der Waals surface area contributed by atoms with Crippen LogP contribution in [0.25, 0.3) is 0 Å². The smallest absolute Gasteiger partial charge is 0.315 e. The second kappa shape index (κ2) is 5.42. The molecule has 1 rings (SSSR count). The molecule has 0 aliphatic heterocycles. The summed E-state index contributed by atoms with van der Waals surface area (Å²) in [6.07, 6.45) is 0. The molecular formula is C11H10F2N2O4. The number of nitrogens with one attached hydrogen (secondary N) is 1. The third kappa shape index (κ3) is 3.24. The second-order valence-corrected chi connectivity index (χ2v) is 3.73. The zero-order chi connectivity index (χ0) is 14.7. The van der Waals surface area contributed by atoms with Gasteiger partial charge in [0, 0.05) is 6.07 Å². The summed E-state index contributed by atoms with van der Waals surface area (Å²) in [7, 11) is 0. The minimum atomic E-state index is -1.43. The fourth-order valence-electron chi connectivity index (χ4n) is 1.19. The number of hydrogen-bond acceptors (Lipinski definition) is 3. The number of primary amides is 1. The van der Waals surface area contributed by atoms with Crippen LogP contribution < -0.4 is 11.1 Å². The Balaban J connectivity index is 3.08. The maximum absolute atomic E-state index is 13.4. The first-order valence-electron chi connectivity index (χ1n) is 5.06. The summed E-state index contributed by atoms with van der Waals surface area (Å²) in [5, 5.41) is 10.5. The number of hydrogen-bond donors (Lipinski definition) is 3. The van der Waals surface area contributed by atoms with Gasteiger partial charge in [-0.3, -0.25) is 14.4 Å². The predicted molar refractivity (Wildman–Crippen MR) is 60.3 cm³/mol. The molecule has 1 unspecified atom stereocenters. The number of nitrogens with two attached hydrogens (primary N) is 1. The molecular weight excluding hydrogens is 262 g/mol. The number of carbonyl (C=O) groups is 3. The Morgan fingerprint density at radius 1 is 1.26 bits per heavy atom. The van der Waals surface area contributed by atoms with E-state index in [1.807, 2.05) is 5.32 Å². The van der Waals surface area contributed by atoms with Crippen molar-refractivity contribution in [3.05, 3.63) is 29.3 Å². The largest absolute Gasteiger partial charge is 0.481 e. The highest BCUT2D eigenvalue weighted by molar-refractivity contribution is 6.04. The minimum Gasteiger partial charge on any atom is -0.481 e. The lowest BCUT2D eigenvalue weighted by Crippen LogP contribution is -2.27. The van der Waals surface area contributed by atoms with Crippen LogP contribution in [0.4, 0.5) is 14.5 Å². The van der Waals surface area contributed by atoms with E-state index in [1.54, 1.807) is 0 Å². The molecule has 1 aromatic rings. The molecule has 0 aliphatic rings. The van der Waals surface area contributed by atoms with Gasteiger partial charge in [-0.15, -0.1) is 0 Å². The van der Waals surface area contributed by atoms with E-state index in [9.17, 15) is 23.2 Å². The van der Waals surface area contributed by atoms with E-state index in [4.69, 9.17) is 10.8 Å². The molecule has 0 saturated heterocycles. The summed E-state index contributed by atoms with van der Waals surface area (Å²) in [5.74, 6) is -7.30. The highest BCUT2D eigenvalue weighted by Crippen LogP contribution is 2.20. The Hall–Kier alpha value is -2.51. The summed E-state index contributed by atoms with van der Waals surface area (Å²) >= 11 is 0. The van der Waals surface area contributed by atoms with E-state index in [2.05, 4.69) is 0 Å². The Morgan fingerprint density at radius 3 is 2.32 bits per heavy atom. The van der Waals surface area contributed by atoms with Gasteiger partial charge in [0.25, 0.3) is 5.91 Å². The van der Waals surface area contributed by atoms with Gasteiger partial charge in [0.05, 0.1) is 11.3 Å². The number of anilines is 1. The van der Waals surface area contributed by atoms with Crippen LogP contribution in [0.5, 0.6) is 0 Å². The number of carbonyl (C=O) groups excluding carboxylic acids is 2. The van der Waals surface area contributed by atoms with Gasteiger partial charge in [-0.2, -0.15) is 0 Å². The van der Waals surface area contributed by atoms with Gasteiger partial charge >= 0.3 is 5.97 Å². The number of carboxylic acids is 1. The van der Waals surface area contributed by atoms with Crippen molar-refractivity contribution in [1.29, 1.82) is 0 Å². The van der Waals surface area contributed by atoms with E-state index >= 15 is 0 Å². The Labute approximate surface area is 106 Å². The topological polar surface area (TPSA) is 109 Å². The van der Waals surface area contributed by atoms with Crippen LogP contribution in [0.15, 0.2) is 12.1 Å². The molecule has 6 nitrogen and oxygen atoms in total. The number of rotatable bonds is 4. The molecule has 1 atom stereocenters. The van der Waals surface area contributed by atoms with Crippen LogP contribution in [0, 0.1) is 17.6 Å². The SMILES string of the molecule is CC(C(=O)O)C(=O)Nc1cc(C(N)=O)c(F)cc1F. The van der Waals surface area contributed by atoms with Gasteiger partial charge in [0.2, 0.25) is 5.91 Å². The summed E-state index contributed by atoms with van der Waals surface area (Å²) in [6, 6.07) is 1.08. The van der Waals surface area contributed by atoms with E-state index in [-0.39, 0.29) is 0 Å². The molecule has 1 aromatic carbocycles. The summed E-state index contributed by atoms with van der Waals surface area (Å²) in [4.78, 5) is 32.8. The van der Waals surface area contributed by atoms with Gasteiger partial charge in [-0.1, -0.05) is 0 Å². The molecule has 0 heterocycles. The first-order chi connectivity index (χ1) is 8.73. The summed E-state index contributed by atoms with van der Waals surface area (Å²) in [6.45, 7) is 1.09. The van der Waals surface area contributed by atoms with Crippen molar-refractivity contribution < 1.29 is 28.3 Å². The van der Waals surface area contributed by atoms with E-state index in [0.29, 0.717) is 12.1 Å². The number of carboxylic acid groups (broad SMARTS) is 1. The maximum Gasteiger partial charge on any atom is 0.315 e. The molecule has 4 N–H and O–H groups in total. The number of benzene rings is 1. The number of halogens is 2. The second-order valence-electron chi connectivity index (χ2n) is 3.73. The normalized spacial score (nSPS) is 11.7. The number of amides is 2. The van der Waals surface area contributed by atoms with Crippen LogP contribution >= 0.6 is 0 Å². The number of aliphatic carboxylic acids is 1. The predicted octanol–water partition coefficient (Wildman–Crippen LogP) is 0.723. The van der Waals surface area contributed by atoms with Crippen molar-refractivity contribution in [2.75, 3.05) is 5.32 Å². The van der Waals surface area contributed by atoms with Gasteiger partial charge < -0.3 is 16.2 Å². The lowest BCUT2D eigenvalue weighted by Gasteiger charge is -2.10. The molecule has 0 radical (unpaired) electrons. The van der Waals surface area contributed by atoms with Crippen molar-refractivity contribution in [2.45, 2.75) is 6.92 Å². The van der Waals surface area contributed by atoms with Crippen LogP contribution in [0.2, 0.25) is 0 Å². The maximum atomic E-state index is 13.4. The van der Waals surface area contributed by atoms with Gasteiger partial charge in [-0.05, 0) is 13.0 Å². The Kier molecular flexibility index (Phi) is 4.15. The van der Waals surface area contributed by atoms with E-state index in [1.165, 1.54) is 0 Å². The lowest BCUT2D eigenvalue weighted by atomic mass is 10.1. The third-order valence-electron chi connectivity index (χ3n) is 2.34. The average molecular weight is 272 g/mol. The molecule has 0 fully saturated rings. The molecule has 8 heteroatoms. The first kappa shape index (κ1) is 14.6. The van der Waals surface area contributed by atoms with Crippen molar-refractivity contribution in [3.8, 4) is 0 Å². The van der Waals surface area contributed by atoms with E-state index < -0.39 is 46.6 Å². The molecule has 0 saturated carbocycles. The molecule has 19 heavy (non-hydrogen) atoms. The van der Waals surface area contributed by atoms with Crippen molar-refractivity contribution >= 4 is 23.5 Å². The zero-order valence-corrected chi connectivity index (χ0v) is 9.74. The highest BCUT2D eigenvalue weighted by atomic mass is 19.1. The monoisotopic (exact) mass is 272 g/mol. The molecule has 102 valence electrons. The van der Waals surface area contributed by atoms with Gasteiger partial charge in [0.15, 0.2) is 0 Å². The van der Waals surface area contributed by atoms with Crippen molar-refractivity contribution in [1.82, 2.24) is 0 Å². The molecule has 0 bridgehead atoms. The Bertz CT molecular complexity index is 560. The zero-order valence-electron chi connectivity index (χ0n) is 9.74. The van der Waals surface area contributed by atoms with Crippen molar-refractivity contribution in [2.24, 2.45) is 11.7 Å². The van der Waals surface area contributed by atoms with Crippen LogP contribution in [-0.4, -0.2) is 22.9 Å².